The van der Waals surface area contributed by atoms with Gasteiger partial charge in [-0.25, -0.2) is 9.18 Å². The van der Waals surface area contributed by atoms with E-state index in [1.807, 2.05) is 6.26 Å². The predicted octanol–water partition coefficient (Wildman–Crippen LogP) is 2.22. The third-order valence-corrected chi connectivity index (χ3v) is 4.21. The maximum absolute atomic E-state index is 12.9. The smallest absolute Gasteiger partial charge is 0.328 e. The van der Waals surface area contributed by atoms with Crippen LogP contribution >= 0.6 is 11.8 Å². The number of methoxy groups -OCH3 is 1. The van der Waals surface area contributed by atoms with Gasteiger partial charge >= 0.3 is 5.97 Å². The first kappa shape index (κ1) is 19.9. The van der Waals surface area contributed by atoms with Crippen LogP contribution in [0.2, 0.25) is 0 Å². The zero-order valence-electron chi connectivity index (χ0n) is 14.5. The molecule has 0 aliphatic heterocycles. The quantitative estimate of drug-likeness (QED) is 0.666. The lowest BCUT2D eigenvalue weighted by Gasteiger charge is -2.15. The van der Waals surface area contributed by atoms with E-state index >= 15 is 0 Å². The highest BCUT2D eigenvalue weighted by molar-refractivity contribution is 7.98. The monoisotopic (exact) mass is 381 g/mol. The Morgan fingerprint density at radius 1 is 1.35 bits per heavy atom. The molecule has 1 amide bonds. The highest BCUT2D eigenvalue weighted by atomic mass is 32.2. The molecule has 140 valence electrons. The van der Waals surface area contributed by atoms with Crippen LogP contribution < -0.4 is 5.32 Å². The molecule has 1 N–H and O–H groups in total. The molecule has 2 aromatic rings. The third kappa shape index (κ3) is 5.83. The number of thioether (sulfide) groups is 1. The SMILES string of the molecule is COC(=O)[C@@H](CCSC)NC(=O)CCc1nc(-c2ccc(F)cc2)no1. The summed E-state index contributed by atoms with van der Waals surface area (Å²) in [6.07, 6.45) is 2.74. The van der Waals surface area contributed by atoms with Gasteiger partial charge in [0.1, 0.15) is 11.9 Å². The maximum atomic E-state index is 12.9. The molecule has 0 saturated heterocycles. The van der Waals surface area contributed by atoms with Crippen molar-refractivity contribution in [2.75, 3.05) is 19.1 Å². The Balaban J connectivity index is 1.88. The summed E-state index contributed by atoms with van der Waals surface area (Å²) in [5.41, 5.74) is 0.619. The number of amides is 1. The first-order chi connectivity index (χ1) is 12.5. The van der Waals surface area contributed by atoms with Crippen molar-refractivity contribution in [2.24, 2.45) is 0 Å². The van der Waals surface area contributed by atoms with Gasteiger partial charge in [0.15, 0.2) is 0 Å². The van der Waals surface area contributed by atoms with Crippen molar-refractivity contribution >= 4 is 23.6 Å². The highest BCUT2D eigenvalue weighted by Crippen LogP contribution is 2.16. The number of carbonyl (C=O) groups is 2. The van der Waals surface area contributed by atoms with Crippen molar-refractivity contribution in [1.82, 2.24) is 15.5 Å². The van der Waals surface area contributed by atoms with E-state index in [0.29, 0.717) is 23.7 Å². The number of aryl methyl sites for hydroxylation is 1. The van der Waals surface area contributed by atoms with Gasteiger partial charge in [0, 0.05) is 18.4 Å². The molecule has 1 aromatic carbocycles. The van der Waals surface area contributed by atoms with Crippen LogP contribution in [0.1, 0.15) is 18.7 Å². The topological polar surface area (TPSA) is 94.3 Å². The summed E-state index contributed by atoms with van der Waals surface area (Å²) >= 11 is 1.58. The fourth-order valence-electron chi connectivity index (χ4n) is 2.19. The zero-order chi connectivity index (χ0) is 18.9. The van der Waals surface area contributed by atoms with E-state index in [9.17, 15) is 14.0 Å². The van der Waals surface area contributed by atoms with Crippen LogP contribution in [0.25, 0.3) is 11.4 Å². The van der Waals surface area contributed by atoms with Gasteiger partial charge in [0.25, 0.3) is 0 Å². The zero-order valence-corrected chi connectivity index (χ0v) is 15.3. The molecule has 0 unspecified atom stereocenters. The molecule has 0 bridgehead atoms. The predicted molar refractivity (Wildman–Crippen MR) is 95.0 cm³/mol. The van der Waals surface area contributed by atoms with Gasteiger partial charge in [-0.15, -0.1) is 0 Å². The van der Waals surface area contributed by atoms with E-state index in [4.69, 9.17) is 9.26 Å². The van der Waals surface area contributed by atoms with Gasteiger partial charge in [-0.2, -0.15) is 16.7 Å². The molecule has 0 fully saturated rings. The number of hydrogen-bond donors (Lipinski definition) is 1. The molecule has 1 atom stereocenters. The summed E-state index contributed by atoms with van der Waals surface area (Å²) < 4.78 is 22.8. The average Bonchev–Trinajstić information content (AvgIpc) is 3.12. The van der Waals surface area contributed by atoms with Crippen molar-refractivity contribution in [3.8, 4) is 11.4 Å². The molecule has 1 aromatic heterocycles. The Morgan fingerprint density at radius 2 is 2.08 bits per heavy atom. The van der Waals surface area contributed by atoms with E-state index in [0.717, 1.165) is 5.75 Å². The van der Waals surface area contributed by atoms with Crippen LogP contribution in [0.4, 0.5) is 4.39 Å². The molecule has 0 aliphatic carbocycles. The second-order valence-electron chi connectivity index (χ2n) is 5.44. The van der Waals surface area contributed by atoms with Crippen molar-refractivity contribution in [3.05, 3.63) is 36.0 Å². The molecule has 0 saturated carbocycles. The fourth-order valence-corrected chi connectivity index (χ4v) is 2.66. The minimum absolute atomic E-state index is 0.0951. The third-order valence-electron chi connectivity index (χ3n) is 3.57. The fraction of sp³-hybridized carbons (Fsp3) is 0.412. The second-order valence-corrected chi connectivity index (χ2v) is 6.43. The Labute approximate surface area is 154 Å². The highest BCUT2D eigenvalue weighted by Gasteiger charge is 2.21. The van der Waals surface area contributed by atoms with Crippen LogP contribution in [0.5, 0.6) is 0 Å². The molecule has 1 heterocycles. The number of aromatic nitrogens is 2. The summed E-state index contributed by atoms with van der Waals surface area (Å²) in [5, 5.41) is 6.48. The van der Waals surface area contributed by atoms with Crippen LogP contribution in [0, 0.1) is 5.82 Å². The van der Waals surface area contributed by atoms with Crippen LogP contribution in [-0.4, -0.2) is 47.2 Å². The van der Waals surface area contributed by atoms with Gasteiger partial charge < -0.3 is 14.6 Å². The van der Waals surface area contributed by atoms with Crippen LogP contribution in [0.3, 0.4) is 0 Å². The molecule has 0 radical (unpaired) electrons. The minimum Gasteiger partial charge on any atom is -0.467 e. The summed E-state index contributed by atoms with van der Waals surface area (Å²) in [6, 6.07) is 5.03. The van der Waals surface area contributed by atoms with Gasteiger partial charge in [-0.1, -0.05) is 5.16 Å². The number of hydrogen-bond acceptors (Lipinski definition) is 7. The molecule has 7 nitrogen and oxygen atoms in total. The molecule has 9 heteroatoms. The van der Waals surface area contributed by atoms with Gasteiger partial charge in [0.05, 0.1) is 7.11 Å². The molecule has 0 spiro atoms. The lowest BCUT2D eigenvalue weighted by atomic mass is 10.2. The maximum Gasteiger partial charge on any atom is 0.328 e. The molecular formula is C17H20FN3O4S. The van der Waals surface area contributed by atoms with E-state index in [1.165, 1.54) is 19.2 Å². The number of carbonyl (C=O) groups excluding carboxylic acids is 2. The normalized spacial score (nSPS) is 11.8. The Bertz CT molecular complexity index is 736. The van der Waals surface area contributed by atoms with E-state index in [1.54, 1.807) is 23.9 Å². The Kier molecular flexibility index (Phi) is 7.58. The second kappa shape index (κ2) is 9.91. The van der Waals surface area contributed by atoms with Crippen molar-refractivity contribution in [2.45, 2.75) is 25.3 Å². The number of ether oxygens (including phenoxy) is 1. The minimum atomic E-state index is -0.669. The number of halogens is 1. The number of rotatable bonds is 9. The van der Waals surface area contributed by atoms with Crippen LogP contribution in [-0.2, 0) is 20.7 Å². The molecular weight excluding hydrogens is 361 g/mol. The summed E-state index contributed by atoms with van der Waals surface area (Å²) in [5.74, 6) is 0.221. The summed E-state index contributed by atoms with van der Waals surface area (Å²) in [4.78, 5) is 28.0. The van der Waals surface area contributed by atoms with Gasteiger partial charge in [-0.05, 0) is 42.7 Å². The van der Waals surface area contributed by atoms with Gasteiger partial charge in [0.2, 0.25) is 17.6 Å². The molecule has 0 aliphatic rings. The number of nitrogens with one attached hydrogen (secondary N) is 1. The first-order valence-corrected chi connectivity index (χ1v) is 9.37. The lowest BCUT2D eigenvalue weighted by molar-refractivity contribution is -0.145. The van der Waals surface area contributed by atoms with E-state index < -0.39 is 12.0 Å². The van der Waals surface area contributed by atoms with E-state index in [-0.39, 0.29) is 24.6 Å². The van der Waals surface area contributed by atoms with Crippen molar-refractivity contribution in [1.29, 1.82) is 0 Å². The number of benzene rings is 1. The van der Waals surface area contributed by atoms with Crippen LogP contribution in [0.15, 0.2) is 28.8 Å². The van der Waals surface area contributed by atoms with Gasteiger partial charge in [-0.3, -0.25) is 4.79 Å². The summed E-state index contributed by atoms with van der Waals surface area (Å²) in [6.45, 7) is 0. The number of nitrogens with zero attached hydrogens (tertiary/aromatic N) is 2. The van der Waals surface area contributed by atoms with Crippen molar-refractivity contribution < 1.29 is 23.2 Å². The average molecular weight is 381 g/mol. The molecule has 2 rings (SSSR count). The standard InChI is InChI=1S/C17H20FN3O4S/c1-24-17(23)13(9-10-26-2)19-14(22)7-8-15-20-16(21-25-15)11-3-5-12(18)6-4-11/h3-6,13H,7-10H2,1-2H3,(H,19,22)/t13-/m1/s1. The first-order valence-electron chi connectivity index (χ1n) is 7.98. The number of esters is 1. The summed E-state index contributed by atoms with van der Waals surface area (Å²) in [7, 11) is 1.29. The Hall–Kier alpha value is -2.42. The largest absolute Gasteiger partial charge is 0.467 e. The Morgan fingerprint density at radius 3 is 2.73 bits per heavy atom. The van der Waals surface area contributed by atoms with Crippen molar-refractivity contribution in [3.63, 3.8) is 0 Å². The molecule has 26 heavy (non-hydrogen) atoms. The van der Waals surface area contributed by atoms with E-state index in [2.05, 4.69) is 15.5 Å². The lowest BCUT2D eigenvalue weighted by Crippen LogP contribution is -2.42.